The lowest BCUT2D eigenvalue weighted by atomic mass is 10.1. The van der Waals surface area contributed by atoms with Crippen LogP contribution in [-0.2, 0) is 6.42 Å². The number of hydrogen-bond acceptors (Lipinski definition) is 6. The number of halogens is 2. The van der Waals surface area contributed by atoms with Crippen molar-refractivity contribution < 1.29 is 13.9 Å². The first-order valence-electron chi connectivity index (χ1n) is 10.0. The van der Waals surface area contributed by atoms with Gasteiger partial charge in [0.15, 0.2) is 11.9 Å². The van der Waals surface area contributed by atoms with E-state index < -0.39 is 23.5 Å². The van der Waals surface area contributed by atoms with Crippen LogP contribution in [0.4, 0.5) is 8.78 Å². The topological polar surface area (TPSA) is 86.8 Å². The van der Waals surface area contributed by atoms with Gasteiger partial charge in [0.2, 0.25) is 0 Å². The van der Waals surface area contributed by atoms with Crippen molar-refractivity contribution in [2.75, 3.05) is 6.54 Å². The van der Waals surface area contributed by atoms with E-state index in [0.29, 0.717) is 35.7 Å². The monoisotopic (exact) mass is 426 g/mol. The molecular formula is C22H24F2N6O. The van der Waals surface area contributed by atoms with E-state index in [0.717, 1.165) is 11.8 Å². The summed E-state index contributed by atoms with van der Waals surface area (Å²) < 4.78 is 30.1. The van der Waals surface area contributed by atoms with E-state index in [-0.39, 0.29) is 5.56 Å². The molecule has 1 aromatic carbocycles. The molecule has 9 heteroatoms. The molecule has 0 bridgehead atoms. The third kappa shape index (κ3) is 4.33. The average Bonchev–Trinajstić information content (AvgIpc) is 3.11. The van der Waals surface area contributed by atoms with Crippen molar-refractivity contribution in [2.45, 2.75) is 39.1 Å². The largest absolute Gasteiger partial charge is 0.389 e. The van der Waals surface area contributed by atoms with Gasteiger partial charge in [-0.15, -0.1) is 0 Å². The number of rotatable bonds is 6. The summed E-state index contributed by atoms with van der Waals surface area (Å²) in [7, 11) is 0. The smallest absolute Gasteiger partial charge is 0.173 e. The average molecular weight is 426 g/mol. The van der Waals surface area contributed by atoms with Crippen molar-refractivity contribution >= 4 is 17.6 Å². The molecule has 3 aromatic rings. The summed E-state index contributed by atoms with van der Waals surface area (Å²) in [5.41, 5.74) is 2.28. The SMILES string of the molecule is CCc1nccn2c(C3=CC=NC(NCC(C)(C)O)N3)c(-c3ccc(F)cc3F)nc12. The number of allylic oxidation sites excluding steroid dienone is 1. The maximum atomic E-state index is 14.7. The molecule has 0 radical (unpaired) electrons. The first-order chi connectivity index (χ1) is 14.8. The second-order valence-corrected chi connectivity index (χ2v) is 7.97. The highest BCUT2D eigenvalue weighted by atomic mass is 19.1. The molecule has 0 saturated heterocycles. The van der Waals surface area contributed by atoms with E-state index in [1.165, 1.54) is 12.1 Å². The van der Waals surface area contributed by atoms with Gasteiger partial charge < -0.3 is 10.4 Å². The summed E-state index contributed by atoms with van der Waals surface area (Å²) >= 11 is 0. The van der Waals surface area contributed by atoms with Gasteiger partial charge in [-0.1, -0.05) is 6.92 Å². The highest BCUT2D eigenvalue weighted by molar-refractivity contribution is 5.89. The van der Waals surface area contributed by atoms with Crippen molar-refractivity contribution in [1.29, 1.82) is 0 Å². The third-order valence-electron chi connectivity index (χ3n) is 4.89. The molecule has 162 valence electrons. The van der Waals surface area contributed by atoms with Crippen LogP contribution < -0.4 is 10.6 Å². The maximum absolute atomic E-state index is 14.7. The Labute approximate surface area is 178 Å². The number of hydrogen-bond donors (Lipinski definition) is 3. The van der Waals surface area contributed by atoms with Crippen LogP contribution in [0.15, 0.2) is 41.7 Å². The minimum atomic E-state index is -0.911. The fourth-order valence-electron chi connectivity index (χ4n) is 3.44. The molecule has 1 unspecified atom stereocenters. The molecule has 0 fully saturated rings. The number of nitrogens with one attached hydrogen (secondary N) is 2. The summed E-state index contributed by atoms with van der Waals surface area (Å²) in [6, 6.07) is 3.44. The Balaban J connectivity index is 1.83. The van der Waals surface area contributed by atoms with Gasteiger partial charge in [-0.3, -0.25) is 19.7 Å². The molecule has 4 rings (SSSR count). The van der Waals surface area contributed by atoms with Crippen LogP contribution in [0.1, 0.15) is 32.2 Å². The standard InChI is InChI=1S/C22H24F2N6O/c1-4-16-20-29-18(14-6-5-13(23)11-15(14)24)19(30(20)10-9-25-16)17-7-8-26-21(28-17)27-12-22(2,3)31/h5-11,21,27-28,31H,4,12H2,1-3H3. The summed E-state index contributed by atoms with van der Waals surface area (Å²) in [6.45, 7) is 5.67. The highest BCUT2D eigenvalue weighted by Crippen LogP contribution is 2.32. The number of aliphatic hydroxyl groups is 1. The van der Waals surface area contributed by atoms with Crippen molar-refractivity contribution in [3.8, 4) is 11.3 Å². The molecule has 7 nitrogen and oxygen atoms in total. The zero-order valence-electron chi connectivity index (χ0n) is 17.5. The van der Waals surface area contributed by atoms with Crippen LogP contribution >= 0.6 is 0 Å². The molecule has 0 amide bonds. The minimum Gasteiger partial charge on any atom is -0.389 e. The van der Waals surface area contributed by atoms with Gasteiger partial charge in [0.05, 0.1) is 22.7 Å². The molecule has 31 heavy (non-hydrogen) atoms. The third-order valence-corrected chi connectivity index (χ3v) is 4.89. The number of aliphatic imine (C=N–C) groups is 1. The Bertz CT molecular complexity index is 1180. The Morgan fingerprint density at radius 1 is 1.29 bits per heavy atom. The van der Waals surface area contributed by atoms with Gasteiger partial charge in [0.1, 0.15) is 17.3 Å². The molecule has 3 heterocycles. The van der Waals surface area contributed by atoms with Crippen molar-refractivity contribution in [2.24, 2.45) is 4.99 Å². The van der Waals surface area contributed by atoms with Crippen LogP contribution in [-0.4, -0.2) is 44.1 Å². The van der Waals surface area contributed by atoms with Gasteiger partial charge in [0.25, 0.3) is 0 Å². The lowest BCUT2D eigenvalue weighted by Crippen LogP contribution is -2.47. The first kappa shape index (κ1) is 21.1. The summed E-state index contributed by atoms with van der Waals surface area (Å²) in [5.74, 6) is -1.35. The van der Waals surface area contributed by atoms with Crippen LogP contribution in [0.2, 0.25) is 0 Å². The molecule has 0 saturated carbocycles. The van der Waals surface area contributed by atoms with Gasteiger partial charge in [-0.05, 0) is 38.5 Å². The highest BCUT2D eigenvalue weighted by Gasteiger charge is 2.25. The lowest BCUT2D eigenvalue weighted by Gasteiger charge is -2.26. The summed E-state index contributed by atoms with van der Waals surface area (Å²) in [4.78, 5) is 13.4. The van der Waals surface area contributed by atoms with Gasteiger partial charge >= 0.3 is 0 Å². The molecule has 0 aliphatic carbocycles. The van der Waals surface area contributed by atoms with E-state index >= 15 is 0 Å². The molecule has 2 aromatic heterocycles. The fraction of sp³-hybridized carbons (Fsp3) is 0.318. The lowest BCUT2D eigenvalue weighted by molar-refractivity contribution is 0.0759. The molecule has 1 aliphatic heterocycles. The second-order valence-electron chi connectivity index (χ2n) is 7.97. The zero-order chi connectivity index (χ0) is 22.2. The minimum absolute atomic E-state index is 0.188. The van der Waals surface area contributed by atoms with Crippen LogP contribution in [0.3, 0.4) is 0 Å². The van der Waals surface area contributed by atoms with Gasteiger partial charge in [0, 0.05) is 36.8 Å². The van der Waals surface area contributed by atoms with E-state index in [2.05, 4.69) is 25.6 Å². The van der Waals surface area contributed by atoms with Crippen LogP contribution in [0, 0.1) is 11.6 Å². The number of imidazole rings is 1. The van der Waals surface area contributed by atoms with Crippen molar-refractivity contribution in [1.82, 2.24) is 25.0 Å². The van der Waals surface area contributed by atoms with Crippen LogP contribution in [0.5, 0.6) is 0 Å². The van der Waals surface area contributed by atoms with E-state index in [1.807, 2.05) is 11.3 Å². The van der Waals surface area contributed by atoms with Gasteiger partial charge in [-0.2, -0.15) is 0 Å². The maximum Gasteiger partial charge on any atom is 0.173 e. The predicted octanol–water partition coefficient (Wildman–Crippen LogP) is 2.90. The van der Waals surface area contributed by atoms with E-state index in [4.69, 9.17) is 0 Å². The number of benzene rings is 1. The quantitative estimate of drug-likeness (QED) is 0.564. The number of aryl methyl sites for hydroxylation is 1. The zero-order valence-corrected chi connectivity index (χ0v) is 17.5. The molecule has 0 spiro atoms. The predicted molar refractivity (Wildman–Crippen MR) is 115 cm³/mol. The number of fused-ring (bicyclic) bond motifs is 1. The summed E-state index contributed by atoms with van der Waals surface area (Å²) in [5, 5.41) is 16.4. The molecule has 1 atom stereocenters. The second kappa shape index (κ2) is 8.16. The van der Waals surface area contributed by atoms with E-state index in [9.17, 15) is 13.9 Å². The van der Waals surface area contributed by atoms with Crippen LogP contribution in [0.25, 0.3) is 22.6 Å². The summed E-state index contributed by atoms with van der Waals surface area (Å²) in [6.07, 6.45) is 6.99. The normalized spacial score (nSPS) is 16.5. The Kier molecular flexibility index (Phi) is 5.55. The fourth-order valence-corrected chi connectivity index (χ4v) is 3.44. The Hall–Kier alpha value is -3.17. The van der Waals surface area contributed by atoms with Crippen molar-refractivity contribution in [3.63, 3.8) is 0 Å². The number of nitrogens with zero attached hydrogens (tertiary/aromatic N) is 4. The molecule has 3 N–H and O–H groups in total. The Morgan fingerprint density at radius 3 is 2.81 bits per heavy atom. The number of aromatic nitrogens is 3. The van der Waals surface area contributed by atoms with Gasteiger partial charge in [-0.25, -0.2) is 13.8 Å². The molecular weight excluding hydrogens is 402 g/mol. The molecule has 1 aliphatic rings. The Morgan fingerprint density at radius 2 is 2.10 bits per heavy atom. The van der Waals surface area contributed by atoms with Crippen molar-refractivity contribution in [3.05, 3.63) is 59.7 Å². The first-order valence-corrected chi connectivity index (χ1v) is 10.0. The van der Waals surface area contributed by atoms with E-state index in [1.54, 1.807) is 38.5 Å².